The number of urea groups is 1. The Morgan fingerprint density at radius 2 is 1.67 bits per heavy atom. The van der Waals surface area contributed by atoms with Gasteiger partial charge in [-0.05, 0) is 27.7 Å². The number of hydrogen-bond acceptors (Lipinski definition) is 1. The van der Waals surface area contributed by atoms with Crippen molar-refractivity contribution < 1.29 is 4.79 Å². The summed E-state index contributed by atoms with van der Waals surface area (Å²) in [5.74, 6) is 0. The summed E-state index contributed by atoms with van der Waals surface area (Å²) in [6.45, 7) is 12.4. The largest absolute Gasteiger partial charge is 0.338 e. The van der Waals surface area contributed by atoms with Gasteiger partial charge in [-0.15, -0.1) is 0 Å². The summed E-state index contributed by atoms with van der Waals surface area (Å²) >= 11 is 0. The first-order valence-electron chi connectivity index (χ1n) is 4.51. The van der Waals surface area contributed by atoms with Gasteiger partial charge in [0.05, 0.1) is 0 Å². The van der Waals surface area contributed by atoms with Crippen LogP contribution >= 0.6 is 0 Å². The molecular formula is C9H22N2O. The second-order valence-electron chi connectivity index (χ2n) is 3.23. The van der Waals surface area contributed by atoms with E-state index in [2.05, 4.69) is 10.6 Å². The first-order chi connectivity index (χ1) is 5.45. The lowest BCUT2D eigenvalue weighted by Crippen LogP contribution is -2.46. The molecule has 0 radical (unpaired) electrons. The van der Waals surface area contributed by atoms with Gasteiger partial charge in [-0.1, -0.05) is 13.8 Å². The summed E-state index contributed by atoms with van der Waals surface area (Å²) in [7, 11) is 0. The molecule has 0 saturated carbocycles. The number of hydrogen-bond donors (Lipinski definition) is 2. The van der Waals surface area contributed by atoms with E-state index in [1.807, 2.05) is 41.5 Å². The maximum absolute atomic E-state index is 10.8. The highest BCUT2D eigenvalue weighted by Crippen LogP contribution is 1.96. The molecule has 0 unspecified atom stereocenters. The molecule has 0 aliphatic carbocycles. The summed E-state index contributed by atoms with van der Waals surface area (Å²) in [5.41, 5.74) is -0.140. The molecule has 0 rings (SSSR count). The molecule has 12 heavy (non-hydrogen) atoms. The average Bonchev–Trinajstić information content (AvgIpc) is 1.88. The Kier molecular flexibility index (Phi) is 8.01. The normalized spacial score (nSPS) is 9.50. The standard InChI is InChI=1S/C7H16N2O.C2H6/c1-5-8-6(10)9-7(2,3)4;1-2/h5H2,1-4H3,(H2,8,9,10);1-2H3. The third kappa shape index (κ3) is 12.0. The zero-order chi connectivity index (χ0) is 10.2. The Hall–Kier alpha value is -0.730. The third-order valence-corrected chi connectivity index (χ3v) is 0.826. The van der Waals surface area contributed by atoms with Gasteiger partial charge >= 0.3 is 6.03 Å². The van der Waals surface area contributed by atoms with Gasteiger partial charge in [0.2, 0.25) is 0 Å². The quantitative estimate of drug-likeness (QED) is 0.628. The summed E-state index contributed by atoms with van der Waals surface area (Å²) in [6, 6.07) is -0.102. The number of rotatable bonds is 1. The molecule has 0 bridgehead atoms. The van der Waals surface area contributed by atoms with Gasteiger partial charge in [-0.2, -0.15) is 0 Å². The van der Waals surface area contributed by atoms with E-state index in [1.165, 1.54) is 0 Å². The van der Waals surface area contributed by atoms with Gasteiger partial charge in [0, 0.05) is 12.1 Å². The first-order valence-corrected chi connectivity index (χ1v) is 4.51. The van der Waals surface area contributed by atoms with Crippen molar-refractivity contribution in [3.05, 3.63) is 0 Å². The minimum Gasteiger partial charge on any atom is -0.338 e. The fourth-order valence-corrected chi connectivity index (χ4v) is 0.545. The Labute approximate surface area is 75.9 Å². The van der Waals surface area contributed by atoms with Crippen LogP contribution in [-0.2, 0) is 0 Å². The lowest BCUT2D eigenvalue weighted by atomic mass is 10.1. The van der Waals surface area contributed by atoms with Crippen LogP contribution in [0.15, 0.2) is 0 Å². The Morgan fingerprint density at radius 1 is 1.25 bits per heavy atom. The van der Waals surface area contributed by atoms with Gasteiger partial charge in [-0.25, -0.2) is 4.79 Å². The molecule has 0 aliphatic heterocycles. The van der Waals surface area contributed by atoms with Crippen molar-refractivity contribution in [1.82, 2.24) is 10.6 Å². The lowest BCUT2D eigenvalue weighted by Gasteiger charge is -2.20. The molecule has 0 fully saturated rings. The zero-order valence-corrected chi connectivity index (χ0v) is 9.12. The van der Waals surface area contributed by atoms with Crippen molar-refractivity contribution in [3.63, 3.8) is 0 Å². The van der Waals surface area contributed by atoms with Crippen LogP contribution in [0, 0.1) is 0 Å². The van der Waals surface area contributed by atoms with Gasteiger partial charge in [-0.3, -0.25) is 0 Å². The van der Waals surface area contributed by atoms with Crippen LogP contribution in [0.1, 0.15) is 41.5 Å². The van der Waals surface area contributed by atoms with Crippen LogP contribution in [0.4, 0.5) is 4.79 Å². The van der Waals surface area contributed by atoms with E-state index in [1.54, 1.807) is 0 Å². The molecule has 0 spiro atoms. The van der Waals surface area contributed by atoms with E-state index < -0.39 is 0 Å². The highest BCUT2D eigenvalue weighted by atomic mass is 16.2. The molecule has 0 aromatic rings. The van der Waals surface area contributed by atoms with Crippen LogP contribution in [0.2, 0.25) is 0 Å². The van der Waals surface area contributed by atoms with Crippen molar-refractivity contribution in [2.24, 2.45) is 0 Å². The summed E-state index contributed by atoms with van der Waals surface area (Å²) in [4.78, 5) is 10.8. The van der Waals surface area contributed by atoms with Crippen LogP contribution < -0.4 is 10.6 Å². The Balaban J connectivity index is 0. The Bertz CT molecular complexity index is 116. The fourth-order valence-electron chi connectivity index (χ4n) is 0.545. The molecule has 0 atom stereocenters. The van der Waals surface area contributed by atoms with Gasteiger partial charge in [0.1, 0.15) is 0 Å². The van der Waals surface area contributed by atoms with Crippen LogP contribution in [0.25, 0.3) is 0 Å². The SMILES string of the molecule is CC.CCNC(=O)NC(C)(C)C. The predicted octanol–water partition coefficient (Wildman–Crippen LogP) is 2.13. The van der Waals surface area contributed by atoms with E-state index in [9.17, 15) is 4.79 Å². The predicted molar refractivity (Wildman–Crippen MR) is 53.3 cm³/mol. The Morgan fingerprint density at radius 3 is 1.92 bits per heavy atom. The second kappa shape index (κ2) is 6.95. The third-order valence-electron chi connectivity index (χ3n) is 0.826. The minimum atomic E-state index is -0.140. The second-order valence-corrected chi connectivity index (χ2v) is 3.23. The molecular weight excluding hydrogens is 152 g/mol. The molecule has 0 heterocycles. The summed E-state index contributed by atoms with van der Waals surface area (Å²) in [5, 5.41) is 5.42. The molecule has 0 saturated heterocycles. The molecule has 0 aromatic carbocycles. The van der Waals surface area contributed by atoms with Crippen molar-refractivity contribution in [2.75, 3.05) is 6.54 Å². The maximum Gasteiger partial charge on any atom is 0.315 e. The molecule has 3 heteroatoms. The van der Waals surface area contributed by atoms with Gasteiger partial charge in [0.15, 0.2) is 0 Å². The van der Waals surface area contributed by atoms with E-state index in [0.717, 1.165) is 0 Å². The van der Waals surface area contributed by atoms with Crippen molar-refractivity contribution in [3.8, 4) is 0 Å². The maximum atomic E-state index is 10.8. The van der Waals surface area contributed by atoms with Gasteiger partial charge < -0.3 is 10.6 Å². The van der Waals surface area contributed by atoms with E-state index in [0.29, 0.717) is 6.54 Å². The van der Waals surface area contributed by atoms with Crippen molar-refractivity contribution in [2.45, 2.75) is 47.1 Å². The smallest absolute Gasteiger partial charge is 0.315 e. The topological polar surface area (TPSA) is 41.1 Å². The summed E-state index contributed by atoms with van der Waals surface area (Å²) < 4.78 is 0. The highest BCUT2D eigenvalue weighted by Gasteiger charge is 2.11. The summed E-state index contributed by atoms with van der Waals surface area (Å²) in [6.07, 6.45) is 0. The fraction of sp³-hybridized carbons (Fsp3) is 0.889. The number of carbonyl (C=O) groups excluding carboxylic acids is 1. The average molecular weight is 174 g/mol. The molecule has 3 nitrogen and oxygen atoms in total. The number of carbonyl (C=O) groups is 1. The van der Waals surface area contributed by atoms with E-state index in [-0.39, 0.29) is 11.6 Å². The first kappa shape index (κ1) is 13.8. The molecule has 0 aliphatic rings. The van der Waals surface area contributed by atoms with Crippen LogP contribution in [-0.4, -0.2) is 18.1 Å². The van der Waals surface area contributed by atoms with Crippen molar-refractivity contribution >= 4 is 6.03 Å². The van der Waals surface area contributed by atoms with Gasteiger partial charge in [0.25, 0.3) is 0 Å². The van der Waals surface area contributed by atoms with E-state index >= 15 is 0 Å². The molecule has 2 N–H and O–H groups in total. The van der Waals surface area contributed by atoms with Crippen molar-refractivity contribution in [1.29, 1.82) is 0 Å². The number of amides is 2. The molecule has 0 aromatic heterocycles. The molecule has 2 amide bonds. The van der Waals surface area contributed by atoms with Crippen LogP contribution in [0.5, 0.6) is 0 Å². The highest BCUT2D eigenvalue weighted by molar-refractivity contribution is 5.74. The monoisotopic (exact) mass is 174 g/mol. The lowest BCUT2D eigenvalue weighted by molar-refractivity contribution is 0.232. The zero-order valence-electron chi connectivity index (χ0n) is 9.12. The van der Waals surface area contributed by atoms with E-state index in [4.69, 9.17) is 0 Å². The minimum absolute atomic E-state index is 0.102. The molecule has 74 valence electrons. The number of nitrogens with one attached hydrogen (secondary N) is 2. The van der Waals surface area contributed by atoms with Crippen LogP contribution in [0.3, 0.4) is 0 Å².